The van der Waals surface area contributed by atoms with E-state index in [2.05, 4.69) is 20.4 Å². The summed E-state index contributed by atoms with van der Waals surface area (Å²) in [4.78, 5) is 7.30. The van der Waals surface area contributed by atoms with Gasteiger partial charge in [-0.25, -0.2) is 0 Å². The molecule has 3 rings (SSSR count). The van der Waals surface area contributed by atoms with Crippen molar-refractivity contribution in [2.24, 2.45) is 0 Å². The molecule has 2 aromatic heterocycles. The van der Waals surface area contributed by atoms with Crippen LogP contribution in [-0.4, -0.2) is 32.9 Å². The van der Waals surface area contributed by atoms with Gasteiger partial charge in [0.1, 0.15) is 0 Å². The van der Waals surface area contributed by atoms with Crippen LogP contribution in [0.4, 0.5) is 0 Å². The van der Waals surface area contributed by atoms with Crippen LogP contribution < -0.4 is 5.32 Å². The molecule has 0 aromatic carbocycles. The van der Waals surface area contributed by atoms with Gasteiger partial charge in [0.2, 0.25) is 11.7 Å². The first kappa shape index (κ1) is 9.56. The van der Waals surface area contributed by atoms with E-state index in [9.17, 15) is 5.11 Å². The monoisotopic (exact) mass is 220 g/mol. The zero-order chi connectivity index (χ0) is 11.0. The Morgan fingerprint density at radius 2 is 2.44 bits per heavy atom. The number of aromatic nitrogens is 3. The molecule has 0 saturated carbocycles. The van der Waals surface area contributed by atoms with E-state index >= 15 is 0 Å². The second kappa shape index (κ2) is 3.73. The number of nitrogens with one attached hydrogen (secondary N) is 2. The number of aliphatic hydroxyl groups excluding tert-OH is 1. The molecule has 2 aromatic rings. The third kappa shape index (κ3) is 1.62. The fraction of sp³-hybridized carbons (Fsp3) is 0.400. The van der Waals surface area contributed by atoms with Gasteiger partial charge in [-0.05, 0) is 18.6 Å². The highest BCUT2D eigenvalue weighted by atomic mass is 16.5. The number of rotatable bonds is 2. The lowest BCUT2D eigenvalue weighted by atomic mass is 10.2. The molecule has 3 heterocycles. The minimum atomic E-state index is -0.328. The standard InChI is InChI=1S/C10H12N4O2/c15-6-4-8(12-5-6)10-13-9(14-16-10)7-2-1-3-11-7/h1-3,6,8,11-12,15H,4-5H2/t6-,8-/m1/s1. The first-order chi connectivity index (χ1) is 7.83. The summed E-state index contributed by atoms with van der Waals surface area (Å²) in [7, 11) is 0. The minimum Gasteiger partial charge on any atom is -0.392 e. The molecule has 0 radical (unpaired) electrons. The molecule has 1 fully saturated rings. The lowest BCUT2D eigenvalue weighted by molar-refractivity contribution is 0.191. The smallest absolute Gasteiger partial charge is 0.244 e. The van der Waals surface area contributed by atoms with Gasteiger partial charge in [0.05, 0.1) is 17.8 Å². The first-order valence-electron chi connectivity index (χ1n) is 5.22. The molecule has 0 aliphatic carbocycles. The van der Waals surface area contributed by atoms with Crippen molar-refractivity contribution in [2.75, 3.05) is 6.54 Å². The average Bonchev–Trinajstić information content (AvgIpc) is 2.97. The largest absolute Gasteiger partial charge is 0.392 e. The van der Waals surface area contributed by atoms with E-state index in [0.717, 1.165) is 5.69 Å². The summed E-state index contributed by atoms with van der Waals surface area (Å²) in [6.45, 7) is 0.574. The van der Waals surface area contributed by atoms with Crippen molar-refractivity contribution in [1.82, 2.24) is 20.4 Å². The van der Waals surface area contributed by atoms with Gasteiger partial charge >= 0.3 is 0 Å². The summed E-state index contributed by atoms with van der Waals surface area (Å²) >= 11 is 0. The summed E-state index contributed by atoms with van der Waals surface area (Å²) in [5.41, 5.74) is 0.827. The Balaban J connectivity index is 1.83. The van der Waals surface area contributed by atoms with Crippen LogP contribution >= 0.6 is 0 Å². The normalized spacial score (nSPS) is 25.1. The molecule has 3 N–H and O–H groups in total. The highest BCUT2D eigenvalue weighted by molar-refractivity contribution is 5.47. The van der Waals surface area contributed by atoms with Crippen LogP contribution in [0.25, 0.3) is 11.5 Å². The average molecular weight is 220 g/mol. The summed E-state index contributed by atoms with van der Waals surface area (Å²) in [6.07, 6.45) is 2.10. The maximum Gasteiger partial charge on any atom is 0.244 e. The van der Waals surface area contributed by atoms with Crippen molar-refractivity contribution in [1.29, 1.82) is 0 Å². The van der Waals surface area contributed by atoms with Gasteiger partial charge in [-0.15, -0.1) is 0 Å². The van der Waals surface area contributed by atoms with Crippen LogP contribution in [0.3, 0.4) is 0 Å². The van der Waals surface area contributed by atoms with Crippen LogP contribution in [-0.2, 0) is 0 Å². The third-order valence-corrected chi connectivity index (χ3v) is 2.69. The second-order valence-corrected chi connectivity index (χ2v) is 3.89. The van der Waals surface area contributed by atoms with Gasteiger partial charge in [-0.3, -0.25) is 0 Å². The Labute approximate surface area is 91.7 Å². The zero-order valence-electron chi connectivity index (χ0n) is 8.55. The molecular weight excluding hydrogens is 208 g/mol. The number of β-amino-alcohol motifs (C(OH)–C–C–N with tert-alkyl or cyclic N) is 1. The van der Waals surface area contributed by atoms with Gasteiger partial charge in [0.15, 0.2) is 0 Å². The Hall–Kier alpha value is -1.66. The molecular formula is C10H12N4O2. The van der Waals surface area contributed by atoms with Gasteiger partial charge < -0.3 is 19.9 Å². The minimum absolute atomic E-state index is 0.0359. The molecule has 0 spiro atoms. The maximum absolute atomic E-state index is 9.39. The maximum atomic E-state index is 9.39. The molecule has 16 heavy (non-hydrogen) atoms. The molecule has 1 aliphatic heterocycles. The van der Waals surface area contributed by atoms with E-state index in [0.29, 0.717) is 24.7 Å². The van der Waals surface area contributed by atoms with Crippen molar-refractivity contribution in [3.05, 3.63) is 24.2 Å². The molecule has 2 atom stereocenters. The van der Waals surface area contributed by atoms with Gasteiger partial charge in [-0.2, -0.15) is 4.98 Å². The highest BCUT2D eigenvalue weighted by Crippen LogP contribution is 2.23. The Bertz CT molecular complexity index is 465. The Morgan fingerprint density at radius 3 is 3.12 bits per heavy atom. The molecule has 6 heteroatoms. The van der Waals surface area contributed by atoms with Crippen LogP contribution in [0.15, 0.2) is 22.9 Å². The van der Waals surface area contributed by atoms with Crippen LogP contribution in [0.5, 0.6) is 0 Å². The number of hydrogen-bond acceptors (Lipinski definition) is 5. The van der Waals surface area contributed by atoms with E-state index in [1.54, 1.807) is 0 Å². The number of aromatic amines is 1. The van der Waals surface area contributed by atoms with Gasteiger partial charge in [0, 0.05) is 12.7 Å². The molecule has 0 bridgehead atoms. The summed E-state index contributed by atoms with van der Waals surface area (Å²) in [5, 5.41) is 16.4. The van der Waals surface area contributed by atoms with E-state index in [1.807, 2.05) is 18.3 Å². The quantitative estimate of drug-likeness (QED) is 0.684. The van der Waals surface area contributed by atoms with Crippen molar-refractivity contribution >= 4 is 0 Å². The van der Waals surface area contributed by atoms with Crippen molar-refractivity contribution in [2.45, 2.75) is 18.6 Å². The third-order valence-electron chi connectivity index (χ3n) is 2.69. The van der Waals surface area contributed by atoms with Crippen LogP contribution in [0.2, 0.25) is 0 Å². The zero-order valence-corrected chi connectivity index (χ0v) is 8.55. The summed E-state index contributed by atoms with van der Waals surface area (Å²) in [6, 6.07) is 3.72. The highest BCUT2D eigenvalue weighted by Gasteiger charge is 2.28. The molecule has 0 amide bonds. The topological polar surface area (TPSA) is 87.0 Å². The van der Waals surface area contributed by atoms with E-state index in [1.165, 1.54) is 0 Å². The molecule has 1 saturated heterocycles. The van der Waals surface area contributed by atoms with Gasteiger partial charge in [0.25, 0.3) is 0 Å². The predicted octanol–water partition coefficient (Wildman–Crippen LogP) is 0.460. The van der Waals surface area contributed by atoms with Gasteiger partial charge in [-0.1, -0.05) is 5.16 Å². The van der Waals surface area contributed by atoms with E-state index in [4.69, 9.17) is 4.52 Å². The molecule has 0 unspecified atom stereocenters. The number of H-pyrrole nitrogens is 1. The Morgan fingerprint density at radius 1 is 1.50 bits per heavy atom. The fourth-order valence-electron chi connectivity index (χ4n) is 1.86. The van der Waals surface area contributed by atoms with Crippen molar-refractivity contribution < 1.29 is 9.63 Å². The first-order valence-corrected chi connectivity index (χ1v) is 5.22. The predicted molar refractivity (Wildman–Crippen MR) is 55.5 cm³/mol. The van der Waals surface area contributed by atoms with Crippen LogP contribution in [0, 0.1) is 0 Å². The molecule has 6 nitrogen and oxygen atoms in total. The number of aliphatic hydroxyl groups is 1. The van der Waals surface area contributed by atoms with Crippen molar-refractivity contribution in [3.8, 4) is 11.5 Å². The van der Waals surface area contributed by atoms with E-state index < -0.39 is 0 Å². The van der Waals surface area contributed by atoms with E-state index in [-0.39, 0.29) is 12.1 Å². The number of nitrogens with zero attached hydrogens (tertiary/aromatic N) is 2. The number of hydrogen-bond donors (Lipinski definition) is 3. The summed E-state index contributed by atoms with van der Waals surface area (Å²) in [5.74, 6) is 1.07. The molecule has 84 valence electrons. The lowest BCUT2D eigenvalue weighted by Crippen LogP contribution is -2.15. The summed E-state index contributed by atoms with van der Waals surface area (Å²) < 4.78 is 5.17. The SMILES string of the molecule is O[C@H]1CN[C@@H](c2nc(-c3ccc[nH]3)no2)C1. The second-order valence-electron chi connectivity index (χ2n) is 3.89. The fourth-order valence-corrected chi connectivity index (χ4v) is 1.86. The Kier molecular flexibility index (Phi) is 2.23. The van der Waals surface area contributed by atoms with Crippen LogP contribution in [0.1, 0.15) is 18.4 Å². The lowest BCUT2D eigenvalue weighted by Gasteiger charge is -2.01. The van der Waals surface area contributed by atoms with Crippen molar-refractivity contribution in [3.63, 3.8) is 0 Å². The molecule has 1 aliphatic rings.